The molecular weight excluding hydrogens is 275 g/mol. The molecule has 0 fully saturated rings. The Morgan fingerprint density at radius 3 is 2.00 bits per heavy atom. The van der Waals surface area contributed by atoms with E-state index in [9.17, 15) is 0 Å². The van der Waals surface area contributed by atoms with Gasteiger partial charge in [-0.2, -0.15) is 0 Å². The van der Waals surface area contributed by atoms with Crippen molar-refractivity contribution in [1.29, 1.82) is 0 Å². The fourth-order valence-corrected chi connectivity index (χ4v) is 1.11. The van der Waals surface area contributed by atoms with Crippen LogP contribution in [0.2, 0.25) is 0 Å². The molecule has 0 saturated heterocycles. The second-order valence-electron chi connectivity index (χ2n) is 2.39. The molecule has 0 radical (unpaired) electrons. The Morgan fingerprint density at radius 2 is 1.62 bits per heavy atom. The third kappa shape index (κ3) is 4.84. The molecule has 1 aromatic carbocycles. The fourth-order valence-electron chi connectivity index (χ4n) is 0.846. The van der Waals surface area contributed by atoms with Gasteiger partial charge in [-0.3, -0.25) is 0 Å². The highest BCUT2D eigenvalue weighted by Crippen LogP contribution is 2.14. The van der Waals surface area contributed by atoms with Crippen LogP contribution >= 0.6 is 40.7 Å². The molecule has 0 heterocycles. The second kappa shape index (κ2) is 7.59. The zero-order chi connectivity index (χ0) is 8.27. The van der Waals surface area contributed by atoms with E-state index in [0.717, 1.165) is 10.0 Å². The van der Waals surface area contributed by atoms with Crippen LogP contribution in [0.1, 0.15) is 11.6 Å². The average molecular weight is 288 g/mol. The summed E-state index contributed by atoms with van der Waals surface area (Å²) < 4.78 is 1.06. The lowest BCUT2D eigenvalue weighted by atomic mass is 10.1. The SMILES string of the molecule is Cl.Cl.NC[C@@H](N)c1ccc(Br)cc1. The van der Waals surface area contributed by atoms with Crippen LogP contribution in [-0.4, -0.2) is 6.54 Å². The molecule has 0 aliphatic heterocycles. The van der Waals surface area contributed by atoms with Crippen LogP contribution in [0.4, 0.5) is 0 Å². The van der Waals surface area contributed by atoms with Crippen molar-refractivity contribution in [3.8, 4) is 0 Å². The maximum Gasteiger partial charge on any atom is 0.0419 e. The van der Waals surface area contributed by atoms with E-state index in [1.165, 1.54) is 0 Å². The number of hydrogen-bond donors (Lipinski definition) is 2. The van der Waals surface area contributed by atoms with Crippen molar-refractivity contribution in [2.75, 3.05) is 6.54 Å². The lowest BCUT2D eigenvalue weighted by Gasteiger charge is -2.07. The average Bonchev–Trinajstić information content (AvgIpc) is 2.05. The maximum absolute atomic E-state index is 5.70. The molecule has 76 valence electrons. The van der Waals surface area contributed by atoms with Gasteiger partial charge < -0.3 is 11.5 Å². The molecule has 1 aromatic rings. The second-order valence-corrected chi connectivity index (χ2v) is 3.31. The van der Waals surface area contributed by atoms with Gasteiger partial charge in [0.1, 0.15) is 0 Å². The van der Waals surface area contributed by atoms with Gasteiger partial charge in [0.05, 0.1) is 0 Å². The van der Waals surface area contributed by atoms with Gasteiger partial charge in [0, 0.05) is 17.1 Å². The van der Waals surface area contributed by atoms with E-state index in [-0.39, 0.29) is 30.9 Å². The van der Waals surface area contributed by atoms with Crippen molar-refractivity contribution in [2.24, 2.45) is 11.5 Å². The number of hydrogen-bond acceptors (Lipinski definition) is 2. The molecule has 0 aliphatic carbocycles. The molecular formula is C8H13BrCl2N2. The van der Waals surface area contributed by atoms with E-state index in [1.807, 2.05) is 24.3 Å². The molecule has 5 heteroatoms. The molecule has 13 heavy (non-hydrogen) atoms. The first-order chi connectivity index (χ1) is 5.24. The first-order valence-electron chi connectivity index (χ1n) is 3.45. The van der Waals surface area contributed by atoms with Gasteiger partial charge in [-0.15, -0.1) is 24.8 Å². The van der Waals surface area contributed by atoms with Gasteiger partial charge in [-0.05, 0) is 17.7 Å². The van der Waals surface area contributed by atoms with E-state index in [1.54, 1.807) is 0 Å². The van der Waals surface area contributed by atoms with E-state index in [4.69, 9.17) is 11.5 Å². The van der Waals surface area contributed by atoms with Gasteiger partial charge in [0.2, 0.25) is 0 Å². The van der Waals surface area contributed by atoms with Gasteiger partial charge in [0.25, 0.3) is 0 Å². The molecule has 4 N–H and O–H groups in total. The van der Waals surface area contributed by atoms with E-state index < -0.39 is 0 Å². The van der Waals surface area contributed by atoms with Crippen LogP contribution in [0.15, 0.2) is 28.7 Å². The third-order valence-electron chi connectivity index (χ3n) is 1.55. The summed E-state index contributed by atoms with van der Waals surface area (Å²) in [6, 6.07) is 7.84. The zero-order valence-corrected chi connectivity index (χ0v) is 10.2. The Kier molecular flexibility index (Phi) is 9.14. The zero-order valence-electron chi connectivity index (χ0n) is 6.94. The quantitative estimate of drug-likeness (QED) is 0.877. The molecule has 0 aliphatic rings. The highest BCUT2D eigenvalue weighted by Gasteiger charge is 2.01. The van der Waals surface area contributed by atoms with Crippen molar-refractivity contribution in [2.45, 2.75) is 6.04 Å². The van der Waals surface area contributed by atoms with E-state index in [0.29, 0.717) is 6.54 Å². The highest BCUT2D eigenvalue weighted by atomic mass is 79.9. The summed E-state index contributed by atoms with van der Waals surface area (Å²) in [6.45, 7) is 0.488. The molecule has 0 amide bonds. The molecule has 1 atom stereocenters. The van der Waals surface area contributed by atoms with Crippen molar-refractivity contribution in [3.63, 3.8) is 0 Å². The van der Waals surface area contributed by atoms with Crippen molar-refractivity contribution in [1.82, 2.24) is 0 Å². The first kappa shape index (κ1) is 15.7. The van der Waals surface area contributed by atoms with Crippen molar-refractivity contribution in [3.05, 3.63) is 34.3 Å². The molecule has 2 nitrogen and oxygen atoms in total. The third-order valence-corrected chi connectivity index (χ3v) is 2.08. The monoisotopic (exact) mass is 286 g/mol. The highest BCUT2D eigenvalue weighted by molar-refractivity contribution is 9.10. The molecule has 0 unspecified atom stereocenters. The lowest BCUT2D eigenvalue weighted by Crippen LogP contribution is -2.20. The Balaban J connectivity index is 0. The molecule has 1 rings (SSSR count). The van der Waals surface area contributed by atoms with Crippen LogP contribution in [0.3, 0.4) is 0 Å². The molecule has 0 aromatic heterocycles. The number of nitrogens with two attached hydrogens (primary N) is 2. The normalized spacial score (nSPS) is 11.0. The predicted octanol–water partition coefficient (Wildman–Crippen LogP) is 2.25. The summed E-state index contributed by atoms with van der Waals surface area (Å²) in [5.74, 6) is 0. The minimum Gasteiger partial charge on any atom is -0.329 e. The van der Waals surface area contributed by atoms with Gasteiger partial charge in [-0.1, -0.05) is 28.1 Å². The maximum atomic E-state index is 5.70. The van der Waals surface area contributed by atoms with Crippen LogP contribution in [0.5, 0.6) is 0 Å². The lowest BCUT2D eigenvalue weighted by molar-refractivity contribution is 0.737. The van der Waals surface area contributed by atoms with Crippen molar-refractivity contribution >= 4 is 40.7 Å². The topological polar surface area (TPSA) is 52.0 Å². The summed E-state index contributed by atoms with van der Waals surface area (Å²) in [7, 11) is 0. The van der Waals surface area contributed by atoms with E-state index >= 15 is 0 Å². The van der Waals surface area contributed by atoms with Gasteiger partial charge in [0.15, 0.2) is 0 Å². The number of halogens is 3. The fraction of sp³-hybridized carbons (Fsp3) is 0.250. The standard InChI is InChI=1S/C8H11BrN2.2ClH/c9-7-3-1-6(2-4-7)8(11)5-10;;/h1-4,8H,5,10-11H2;2*1H/t8-;;/m1../s1. The first-order valence-corrected chi connectivity index (χ1v) is 4.24. The minimum atomic E-state index is -0.0388. The minimum absolute atomic E-state index is 0. The van der Waals surface area contributed by atoms with Crippen molar-refractivity contribution < 1.29 is 0 Å². The smallest absolute Gasteiger partial charge is 0.0419 e. The van der Waals surface area contributed by atoms with E-state index in [2.05, 4.69) is 15.9 Å². The van der Waals surface area contributed by atoms with Crippen LogP contribution in [-0.2, 0) is 0 Å². The largest absolute Gasteiger partial charge is 0.329 e. The Bertz CT molecular complexity index is 228. The van der Waals surface area contributed by atoms with Crippen LogP contribution < -0.4 is 11.5 Å². The van der Waals surface area contributed by atoms with Gasteiger partial charge in [-0.25, -0.2) is 0 Å². The molecule has 0 bridgehead atoms. The Labute approximate surface area is 99.0 Å². The van der Waals surface area contributed by atoms with Gasteiger partial charge >= 0.3 is 0 Å². The molecule has 0 saturated carbocycles. The summed E-state index contributed by atoms with van der Waals surface area (Å²) >= 11 is 3.34. The number of benzene rings is 1. The summed E-state index contributed by atoms with van der Waals surface area (Å²) in [6.07, 6.45) is 0. The summed E-state index contributed by atoms with van der Waals surface area (Å²) in [5, 5.41) is 0. The van der Waals surface area contributed by atoms with Crippen LogP contribution in [0, 0.1) is 0 Å². The molecule has 0 spiro atoms. The summed E-state index contributed by atoms with van der Waals surface area (Å²) in [4.78, 5) is 0. The Hall–Kier alpha value is 0.200. The predicted molar refractivity (Wildman–Crippen MR) is 64.6 cm³/mol. The Morgan fingerprint density at radius 1 is 1.15 bits per heavy atom. The van der Waals surface area contributed by atoms with Crippen LogP contribution in [0.25, 0.3) is 0 Å². The summed E-state index contributed by atoms with van der Waals surface area (Å²) in [5.41, 5.74) is 12.2. The number of rotatable bonds is 2.